The minimum Gasteiger partial charge on any atom is -0.352 e. The molecule has 1 aliphatic heterocycles. The Kier molecular flexibility index (Phi) is 5.54. The molecule has 0 amide bonds. The molecule has 1 N–H and O–H groups in total. The van der Waals surface area contributed by atoms with E-state index < -0.39 is 4.92 Å². The lowest BCUT2D eigenvalue weighted by molar-refractivity contribution is -0.384. The Morgan fingerprint density at radius 3 is 2.58 bits per heavy atom. The first-order valence-corrected chi connectivity index (χ1v) is 10.8. The number of rotatable bonds is 6. The van der Waals surface area contributed by atoms with Gasteiger partial charge in [-0.3, -0.25) is 20.1 Å². The molecule has 1 fully saturated rings. The van der Waals surface area contributed by atoms with Gasteiger partial charge in [-0.2, -0.15) is 0 Å². The van der Waals surface area contributed by atoms with E-state index in [9.17, 15) is 10.1 Å². The van der Waals surface area contributed by atoms with Gasteiger partial charge < -0.3 is 14.8 Å². The van der Waals surface area contributed by atoms with Gasteiger partial charge in [0.15, 0.2) is 5.11 Å². The highest BCUT2D eigenvalue weighted by Gasteiger charge is 2.41. The van der Waals surface area contributed by atoms with Crippen LogP contribution in [-0.2, 0) is 6.54 Å². The summed E-state index contributed by atoms with van der Waals surface area (Å²) in [6, 6.07) is 20.0. The fourth-order valence-electron chi connectivity index (χ4n) is 4.19. The molecule has 33 heavy (non-hydrogen) atoms. The molecule has 5 rings (SSSR count). The van der Waals surface area contributed by atoms with Crippen molar-refractivity contribution in [2.45, 2.75) is 18.6 Å². The van der Waals surface area contributed by atoms with Crippen LogP contribution in [0.3, 0.4) is 0 Å². The summed E-state index contributed by atoms with van der Waals surface area (Å²) < 4.78 is 2.04. The molecular weight excluding hydrogens is 436 g/mol. The number of aromatic nitrogens is 3. The van der Waals surface area contributed by atoms with Crippen LogP contribution < -0.4 is 5.32 Å². The number of non-ortho nitro benzene ring substituents is 1. The molecule has 0 unspecified atom stereocenters. The fourth-order valence-corrected chi connectivity index (χ4v) is 4.50. The highest BCUT2D eigenvalue weighted by atomic mass is 32.1. The third kappa shape index (κ3) is 4.06. The quantitative estimate of drug-likeness (QED) is 0.262. The van der Waals surface area contributed by atoms with Gasteiger partial charge in [-0.1, -0.05) is 12.1 Å². The first-order chi connectivity index (χ1) is 16.1. The molecular formula is C24H20N6O2S. The minimum absolute atomic E-state index is 0.0562. The van der Waals surface area contributed by atoms with Crippen LogP contribution in [0.2, 0.25) is 0 Å². The Bertz CT molecular complexity index is 1280. The Hall–Kier alpha value is -4.11. The molecule has 0 aliphatic carbocycles. The third-order valence-electron chi connectivity index (χ3n) is 5.70. The van der Waals surface area contributed by atoms with Gasteiger partial charge in [-0.25, -0.2) is 0 Å². The molecule has 0 bridgehead atoms. The first-order valence-electron chi connectivity index (χ1n) is 10.4. The van der Waals surface area contributed by atoms with Crippen molar-refractivity contribution in [3.05, 3.63) is 119 Å². The van der Waals surface area contributed by atoms with E-state index in [1.54, 1.807) is 24.5 Å². The van der Waals surface area contributed by atoms with E-state index in [4.69, 9.17) is 12.2 Å². The van der Waals surface area contributed by atoms with Crippen LogP contribution in [-0.4, -0.2) is 29.5 Å². The average Bonchev–Trinajstić information content (AvgIpc) is 3.45. The Balaban J connectivity index is 1.58. The first kappa shape index (κ1) is 20.8. The SMILES string of the molecule is O=[N+]([O-])c1ccc(-n2cccc2[C@@H]2[C@H](c3ccccn3)NC(=S)N2Cc2cccnc2)cc1. The van der Waals surface area contributed by atoms with Crippen LogP contribution >= 0.6 is 12.2 Å². The number of hydrogen-bond acceptors (Lipinski definition) is 5. The van der Waals surface area contributed by atoms with Crippen molar-refractivity contribution < 1.29 is 4.92 Å². The average molecular weight is 457 g/mol. The highest BCUT2D eigenvalue weighted by molar-refractivity contribution is 7.80. The zero-order valence-corrected chi connectivity index (χ0v) is 18.3. The van der Waals surface area contributed by atoms with E-state index in [1.165, 1.54) is 12.1 Å². The zero-order valence-electron chi connectivity index (χ0n) is 17.5. The lowest BCUT2D eigenvalue weighted by Gasteiger charge is -2.29. The zero-order chi connectivity index (χ0) is 22.8. The number of hydrogen-bond donors (Lipinski definition) is 1. The lowest BCUT2D eigenvalue weighted by atomic mass is 10.0. The van der Waals surface area contributed by atoms with Crippen LogP contribution in [0.1, 0.15) is 29.0 Å². The van der Waals surface area contributed by atoms with Crippen molar-refractivity contribution in [1.29, 1.82) is 0 Å². The highest BCUT2D eigenvalue weighted by Crippen LogP contribution is 2.40. The number of nitro benzene ring substituents is 1. The smallest absolute Gasteiger partial charge is 0.269 e. The summed E-state index contributed by atoms with van der Waals surface area (Å²) in [6.07, 6.45) is 7.31. The second kappa shape index (κ2) is 8.79. The van der Waals surface area contributed by atoms with Gasteiger partial charge >= 0.3 is 0 Å². The third-order valence-corrected chi connectivity index (χ3v) is 6.05. The second-order valence-electron chi connectivity index (χ2n) is 7.69. The number of pyridine rings is 2. The van der Waals surface area contributed by atoms with Crippen molar-refractivity contribution in [3.8, 4) is 5.69 Å². The summed E-state index contributed by atoms with van der Waals surface area (Å²) in [7, 11) is 0. The number of nitrogens with zero attached hydrogens (tertiary/aromatic N) is 5. The molecule has 4 heterocycles. The van der Waals surface area contributed by atoms with Crippen LogP contribution in [0.5, 0.6) is 0 Å². The van der Waals surface area contributed by atoms with Gasteiger partial charge in [0.1, 0.15) is 0 Å². The minimum atomic E-state index is -0.396. The summed E-state index contributed by atoms with van der Waals surface area (Å²) >= 11 is 5.76. The van der Waals surface area contributed by atoms with E-state index in [2.05, 4.69) is 20.2 Å². The molecule has 0 saturated carbocycles. The lowest BCUT2D eigenvalue weighted by Crippen LogP contribution is -2.30. The number of nitro groups is 1. The molecule has 2 atom stereocenters. The van der Waals surface area contributed by atoms with Crippen molar-refractivity contribution in [2.24, 2.45) is 0 Å². The van der Waals surface area contributed by atoms with Crippen molar-refractivity contribution >= 4 is 23.0 Å². The molecule has 9 heteroatoms. The molecule has 3 aromatic heterocycles. The molecule has 1 aliphatic rings. The molecule has 164 valence electrons. The standard InChI is InChI=1S/C24H20N6O2S/c31-30(32)19-10-8-18(9-11-19)28-14-4-7-21(28)23-22(20-6-1-2-13-26-20)27-24(33)29(23)16-17-5-3-12-25-15-17/h1-15,22-23H,16H2,(H,27,33)/t22-,23+/m0/s1. The number of benzene rings is 1. The van der Waals surface area contributed by atoms with Crippen molar-refractivity contribution in [2.75, 3.05) is 0 Å². The van der Waals surface area contributed by atoms with E-state index in [-0.39, 0.29) is 17.8 Å². The van der Waals surface area contributed by atoms with Gasteiger partial charge in [0.05, 0.1) is 22.7 Å². The molecule has 0 spiro atoms. The number of nitrogens with one attached hydrogen (secondary N) is 1. The van der Waals surface area contributed by atoms with E-state index in [0.29, 0.717) is 11.7 Å². The topological polar surface area (TPSA) is 89.1 Å². The van der Waals surface area contributed by atoms with Crippen LogP contribution in [0, 0.1) is 10.1 Å². The maximum absolute atomic E-state index is 11.1. The van der Waals surface area contributed by atoms with Crippen LogP contribution in [0.25, 0.3) is 5.69 Å². The summed E-state index contributed by atoms with van der Waals surface area (Å²) in [5.74, 6) is 0. The molecule has 8 nitrogen and oxygen atoms in total. The van der Waals surface area contributed by atoms with Gasteiger partial charge in [-0.05, 0) is 60.2 Å². The maximum atomic E-state index is 11.1. The fraction of sp³-hybridized carbons (Fsp3) is 0.125. The van der Waals surface area contributed by atoms with E-state index >= 15 is 0 Å². The van der Waals surface area contributed by atoms with E-state index in [0.717, 1.165) is 22.6 Å². The monoisotopic (exact) mass is 456 g/mol. The van der Waals surface area contributed by atoms with Gasteiger partial charge in [0.25, 0.3) is 5.69 Å². The molecule has 4 aromatic rings. The van der Waals surface area contributed by atoms with Crippen molar-refractivity contribution in [3.63, 3.8) is 0 Å². The predicted molar refractivity (Wildman–Crippen MR) is 128 cm³/mol. The molecule has 0 radical (unpaired) electrons. The second-order valence-corrected chi connectivity index (χ2v) is 8.08. The van der Waals surface area contributed by atoms with Crippen LogP contribution in [0.4, 0.5) is 5.69 Å². The molecule has 1 aromatic carbocycles. The summed E-state index contributed by atoms with van der Waals surface area (Å²) in [5.41, 5.74) is 3.81. The molecule has 1 saturated heterocycles. The van der Waals surface area contributed by atoms with Crippen molar-refractivity contribution in [1.82, 2.24) is 24.8 Å². The van der Waals surface area contributed by atoms with Gasteiger partial charge in [-0.15, -0.1) is 0 Å². The van der Waals surface area contributed by atoms with E-state index in [1.807, 2.05) is 59.4 Å². The summed E-state index contributed by atoms with van der Waals surface area (Å²) in [6.45, 7) is 0.582. The van der Waals surface area contributed by atoms with Gasteiger partial charge in [0.2, 0.25) is 0 Å². The Morgan fingerprint density at radius 2 is 1.88 bits per heavy atom. The van der Waals surface area contributed by atoms with Gasteiger partial charge in [0, 0.05) is 54.8 Å². The predicted octanol–water partition coefficient (Wildman–Crippen LogP) is 4.35. The Morgan fingerprint density at radius 1 is 1.03 bits per heavy atom. The normalized spacial score (nSPS) is 17.7. The maximum Gasteiger partial charge on any atom is 0.269 e. The largest absolute Gasteiger partial charge is 0.352 e. The van der Waals surface area contributed by atoms with Crippen LogP contribution in [0.15, 0.2) is 91.5 Å². The number of thiocarbonyl (C=S) groups is 1. The summed E-state index contributed by atoms with van der Waals surface area (Å²) in [5, 5.41) is 15.2. The summed E-state index contributed by atoms with van der Waals surface area (Å²) in [4.78, 5) is 21.7. The Labute approximate surface area is 195 Å².